The Morgan fingerprint density at radius 3 is 2.38 bits per heavy atom. The topological polar surface area (TPSA) is 73.6 Å². The monoisotopic (exact) mass is 294 g/mol. The van der Waals surface area contributed by atoms with Crippen LogP contribution in [0.3, 0.4) is 0 Å². The van der Waals surface area contributed by atoms with E-state index in [1.165, 1.54) is 0 Å². The molecule has 0 fully saturated rings. The number of nitrogens with one attached hydrogen (secondary N) is 1. The molecule has 0 radical (unpaired) electrons. The number of hydrogen-bond donors (Lipinski definition) is 2. The highest BCUT2D eigenvalue weighted by Crippen LogP contribution is 2.29. The molecular weight excluding hydrogens is 268 g/mol. The second-order valence-corrected chi connectivity index (χ2v) is 6.35. The van der Waals surface area contributed by atoms with Crippen molar-refractivity contribution < 1.29 is 14.3 Å². The van der Waals surface area contributed by atoms with Gasteiger partial charge in [-0.05, 0) is 24.0 Å². The first kappa shape index (κ1) is 17.3. The maximum Gasteiger partial charge on any atom is 0.225 e. The first-order valence-corrected chi connectivity index (χ1v) is 7.02. The van der Waals surface area contributed by atoms with Crippen LogP contribution >= 0.6 is 0 Å². The summed E-state index contributed by atoms with van der Waals surface area (Å²) in [6.45, 7) is 6.33. The molecule has 1 aromatic rings. The zero-order valence-corrected chi connectivity index (χ0v) is 13.5. The van der Waals surface area contributed by atoms with Crippen LogP contribution in [0.1, 0.15) is 33.6 Å². The molecule has 0 aromatic heterocycles. The number of benzene rings is 1. The Morgan fingerprint density at radius 1 is 1.24 bits per heavy atom. The fourth-order valence-corrected chi connectivity index (χ4v) is 2.22. The number of hydrogen-bond acceptors (Lipinski definition) is 4. The molecule has 3 N–H and O–H groups in total. The SMILES string of the molecule is COc1ccc(NC(=O)CC(N)CC(C)(C)C)cc1OC. The molecule has 1 aromatic carbocycles. The average Bonchev–Trinajstić information content (AvgIpc) is 2.35. The van der Waals surface area contributed by atoms with Crippen molar-refractivity contribution >= 4 is 11.6 Å². The van der Waals surface area contributed by atoms with Crippen LogP contribution in [0.5, 0.6) is 11.5 Å². The molecule has 0 spiro atoms. The van der Waals surface area contributed by atoms with Crippen LogP contribution in [-0.4, -0.2) is 26.2 Å². The summed E-state index contributed by atoms with van der Waals surface area (Å²) < 4.78 is 10.4. The van der Waals surface area contributed by atoms with Crippen molar-refractivity contribution in [1.82, 2.24) is 0 Å². The van der Waals surface area contributed by atoms with Gasteiger partial charge in [-0.1, -0.05) is 20.8 Å². The van der Waals surface area contributed by atoms with Crippen molar-refractivity contribution in [3.8, 4) is 11.5 Å². The molecule has 0 heterocycles. The molecule has 1 amide bonds. The molecule has 1 atom stereocenters. The standard InChI is InChI=1S/C16H26N2O3/c1-16(2,3)10-11(17)8-15(19)18-12-6-7-13(20-4)14(9-12)21-5/h6-7,9,11H,8,10,17H2,1-5H3,(H,18,19). The van der Waals surface area contributed by atoms with Crippen molar-refractivity contribution in [2.75, 3.05) is 19.5 Å². The summed E-state index contributed by atoms with van der Waals surface area (Å²) in [6.07, 6.45) is 1.10. The minimum Gasteiger partial charge on any atom is -0.493 e. The zero-order chi connectivity index (χ0) is 16.0. The first-order chi connectivity index (χ1) is 9.75. The number of rotatable bonds is 6. The van der Waals surface area contributed by atoms with Gasteiger partial charge in [0.2, 0.25) is 5.91 Å². The second-order valence-electron chi connectivity index (χ2n) is 6.35. The van der Waals surface area contributed by atoms with E-state index in [-0.39, 0.29) is 17.4 Å². The Kier molecular flexibility index (Phi) is 6.03. The van der Waals surface area contributed by atoms with E-state index in [4.69, 9.17) is 15.2 Å². The second kappa shape index (κ2) is 7.31. The fourth-order valence-electron chi connectivity index (χ4n) is 2.22. The number of nitrogens with two attached hydrogens (primary N) is 1. The van der Waals surface area contributed by atoms with Gasteiger partial charge in [0.25, 0.3) is 0 Å². The van der Waals surface area contributed by atoms with Crippen molar-refractivity contribution in [3.63, 3.8) is 0 Å². The van der Waals surface area contributed by atoms with Gasteiger partial charge in [0.1, 0.15) is 0 Å². The van der Waals surface area contributed by atoms with Gasteiger partial charge >= 0.3 is 0 Å². The lowest BCUT2D eigenvalue weighted by Crippen LogP contribution is -2.31. The largest absolute Gasteiger partial charge is 0.493 e. The van der Waals surface area contributed by atoms with E-state index < -0.39 is 0 Å². The lowest BCUT2D eigenvalue weighted by molar-refractivity contribution is -0.116. The Hall–Kier alpha value is -1.75. The summed E-state index contributed by atoms with van der Waals surface area (Å²) in [5, 5.41) is 2.83. The van der Waals surface area contributed by atoms with Gasteiger partial charge in [0.05, 0.1) is 14.2 Å². The predicted octanol–water partition coefficient (Wildman–Crippen LogP) is 2.80. The van der Waals surface area contributed by atoms with Gasteiger partial charge in [-0.3, -0.25) is 4.79 Å². The van der Waals surface area contributed by atoms with E-state index >= 15 is 0 Å². The highest BCUT2D eigenvalue weighted by Gasteiger charge is 2.18. The van der Waals surface area contributed by atoms with Gasteiger partial charge in [0, 0.05) is 24.2 Å². The summed E-state index contributed by atoms with van der Waals surface area (Å²) in [5.41, 5.74) is 6.79. The number of amides is 1. The number of methoxy groups -OCH3 is 2. The summed E-state index contributed by atoms with van der Waals surface area (Å²) in [4.78, 5) is 12.0. The molecule has 0 aliphatic carbocycles. The molecule has 0 aliphatic rings. The third kappa shape index (κ3) is 6.04. The third-order valence-electron chi connectivity index (χ3n) is 2.99. The highest BCUT2D eigenvalue weighted by atomic mass is 16.5. The van der Waals surface area contributed by atoms with Gasteiger partial charge in [-0.2, -0.15) is 0 Å². The molecule has 0 aliphatic heterocycles. The number of carbonyl (C=O) groups is 1. The smallest absolute Gasteiger partial charge is 0.225 e. The molecule has 21 heavy (non-hydrogen) atoms. The van der Waals surface area contributed by atoms with Crippen LogP contribution in [0, 0.1) is 5.41 Å². The van der Waals surface area contributed by atoms with Gasteiger partial charge in [-0.25, -0.2) is 0 Å². The molecule has 0 saturated carbocycles. The molecule has 0 bridgehead atoms. The maximum absolute atomic E-state index is 12.0. The quantitative estimate of drug-likeness (QED) is 0.846. The minimum atomic E-state index is -0.148. The van der Waals surface area contributed by atoms with Gasteiger partial charge in [-0.15, -0.1) is 0 Å². The van der Waals surface area contributed by atoms with E-state index in [1.54, 1.807) is 32.4 Å². The minimum absolute atomic E-state index is 0.0982. The van der Waals surface area contributed by atoms with Crippen LogP contribution in [-0.2, 0) is 4.79 Å². The molecular formula is C16H26N2O3. The van der Waals surface area contributed by atoms with E-state index in [1.807, 2.05) is 0 Å². The zero-order valence-electron chi connectivity index (χ0n) is 13.5. The number of ether oxygens (including phenoxy) is 2. The Balaban J connectivity index is 2.63. The van der Waals surface area contributed by atoms with E-state index in [0.29, 0.717) is 23.6 Å². The molecule has 118 valence electrons. The number of carbonyl (C=O) groups excluding carboxylic acids is 1. The van der Waals surface area contributed by atoms with Crippen LogP contribution in [0.4, 0.5) is 5.69 Å². The molecule has 5 nitrogen and oxygen atoms in total. The highest BCUT2D eigenvalue weighted by molar-refractivity contribution is 5.91. The first-order valence-electron chi connectivity index (χ1n) is 7.02. The van der Waals surface area contributed by atoms with Crippen molar-refractivity contribution in [2.45, 2.75) is 39.7 Å². The summed E-state index contributed by atoms with van der Waals surface area (Å²) >= 11 is 0. The average molecular weight is 294 g/mol. The van der Waals surface area contributed by atoms with E-state index in [0.717, 1.165) is 6.42 Å². The summed E-state index contributed by atoms with van der Waals surface area (Å²) in [6, 6.07) is 5.11. The van der Waals surface area contributed by atoms with Crippen LogP contribution in [0.15, 0.2) is 18.2 Å². The lowest BCUT2D eigenvalue weighted by atomic mass is 9.87. The molecule has 0 saturated heterocycles. The predicted molar refractivity (Wildman–Crippen MR) is 84.8 cm³/mol. The van der Waals surface area contributed by atoms with Crippen LogP contribution in [0.2, 0.25) is 0 Å². The Morgan fingerprint density at radius 2 is 1.86 bits per heavy atom. The van der Waals surface area contributed by atoms with E-state index in [9.17, 15) is 4.79 Å². The van der Waals surface area contributed by atoms with Crippen LogP contribution < -0.4 is 20.5 Å². The van der Waals surface area contributed by atoms with Crippen molar-refractivity contribution in [2.24, 2.45) is 11.1 Å². The van der Waals surface area contributed by atoms with Crippen molar-refractivity contribution in [3.05, 3.63) is 18.2 Å². The van der Waals surface area contributed by atoms with Crippen molar-refractivity contribution in [1.29, 1.82) is 0 Å². The van der Waals surface area contributed by atoms with Gasteiger partial charge < -0.3 is 20.5 Å². The number of anilines is 1. The molecule has 1 unspecified atom stereocenters. The molecule has 1 rings (SSSR count). The third-order valence-corrected chi connectivity index (χ3v) is 2.99. The Bertz CT molecular complexity index is 481. The fraction of sp³-hybridized carbons (Fsp3) is 0.562. The summed E-state index contributed by atoms with van der Waals surface area (Å²) in [7, 11) is 3.13. The Labute approximate surface area is 126 Å². The normalized spacial score (nSPS) is 12.7. The summed E-state index contributed by atoms with van der Waals surface area (Å²) in [5.74, 6) is 1.10. The van der Waals surface area contributed by atoms with Gasteiger partial charge in [0.15, 0.2) is 11.5 Å². The van der Waals surface area contributed by atoms with E-state index in [2.05, 4.69) is 26.1 Å². The van der Waals surface area contributed by atoms with Crippen LogP contribution in [0.25, 0.3) is 0 Å². The molecule has 5 heteroatoms. The maximum atomic E-state index is 12.0. The lowest BCUT2D eigenvalue weighted by Gasteiger charge is -2.22.